The predicted molar refractivity (Wildman–Crippen MR) is 63.9 cm³/mol. The first-order chi connectivity index (χ1) is 7.79. The number of carbonyl (C=O) groups is 1. The summed E-state index contributed by atoms with van der Waals surface area (Å²) < 4.78 is 5.03. The van der Waals surface area contributed by atoms with Crippen LogP contribution in [-0.2, 0) is 22.4 Å². The summed E-state index contributed by atoms with van der Waals surface area (Å²) in [5, 5.41) is 3.50. The smallest absolute Gasteiger partial charge is 0.252 e. The lowest BCUT2D eigenvalue weighted by Gasteiger charge is -2.06. The Hall–Kier alpha value is -0.940. The monoisotopic (exact) mass is 240 g/mol. The summed E-state index contributed by atoms with van der Waals surface area (Å²) in [6.45, 7) is 2.54. The molecule has 0 saturated carbocycles. The molecule has 0 saturated heterocycles. The van der Waals surface area contributed by atoms with Crippen LogP contribution in [0.15, 0.2) is 0 Å². The van der Waals surface area contributed by atoms with Gasteiger partial charge in [-0.3, -0.25) is 10.1 Å². The number of hydrogen-bond acceptors (Lipinski definition) is 4. The van der Waals surface area contributed by atoms with Crippen LogP contribution in [0.25, 0.3) is 0 Å². The molecule has 0 spiro atoms. The van der Waals surface area contributed by atoms with Crippen molar-refractivity contribution in [2.75, 3.05) is 18.5 Å². The number of amides is 1. The van der Waals surface area contributed by atoms with E-state index in [0.717, 1.165) is 18.0 Å². The van der Waals surface area contributed by atoms with Gasteiger partial charge < -0.3 is 4.74 Å². The maximum absolute atomic E-state index is 11.4. The van der Waals surface area contributed by atoms with Crippen molar-refractivity contribution in [3.8, 4) is 0 Å². The minimum Gasteiger partial charge on any atom is -0.372 e. The summed E-state index contributed by atoms with van der Waals surface area (Å²) in [6, 6.07) is 0. The summed E-state index contributed by atoms with van der Waals surface area (Å²) in [6.07, 6.45) is 4.60. The number of nitrogens with zero attached hydrogens (tertiary/aromatic N) is 1. The maximum Gasteiger partial charge on any atom is 0.252 e. The molecule has 16 heavy (non-hydrogen) atoms. The normalized spacial score (nSPS) is 14.6. The number of anilines is 1. The van der Waals surface area contributed by atoms with Gasteiger partial charge in [0.15, 0.2) is 5.13 Å². The predicted octanol–water partition coefficient (Wildman–Crippen LogP) is 2.00. The van der Waals surface area contributed by atoms with E-state index in [0.29, 0.717) is 6.61 Å². The van der Waals surface area contributed by atoms with E-state index < -0.39 is 0 Å². The average Bonchev–Trinajstić information content (AvgIpc) is 2.68. The summed E-state index contributed by atoms with van der Waals surface area (Å²) in [5.74, 6) is -0.118. The molecular formula is C11H16N2O2S. The van der Waals surface area contributed by atoms with Gasteiger partial charge in [-0.05, 0) is 32.6 Å². The second-order valence-corrected chi connectivity index (χ2v) is 4.86. The third-order valence-electron chi connectivity index (χ3n) is 2.53. The van der Waals surface area contributed by atoms with Crippen molar-refractivity contribution in [3.05, 3.63) is 10.6 Å². The highest BCUT2D eigenvalue weighted by Gasteiger charge is 2.16. The van der Waals surface area contributed by atoms with Crippen LogP contribution in [0.5, 0.6) is 0 Å². The van der Waals surface area contributed by atoms with E-state index in [1.54, 1.807) is 11.3 Å². The van der Waals surface area contributed by atoms with Gasteiger partial charge in [-0.2, -0.15) is 0 Å². The summed E-state index contributed by atoms with van der Waals surface area (Å²) in [4.78, 5) is 17.2. The number of ether oxygens (including phenoxy) is 1. The van der Waals surface area contributed by atoms with Gasteiger partial charge in [-0.1, -0.05) is 0 Å². The van der Waals surface area contributed by atoms with Crippen molar-refractivity contribution < 1.29 is 9.53 Å². The molecule has 0 unspecified atom stereocenters. The molecule has 1 aromatic rings. The van der Waals surface area contributed by atoms with E-state index in [9.17, 15) is 4.79 Å². The first kappa shape index (κ1) is 11.5. The molecule has 2 rings (SSSR count). The fraction of sp³-hybridized carbons (Fsp3) is 0.636. The van der Waals surface area contributed by atoms with Crippen molar-refractivity contribution >= 4 is 22.4 Å². The molecule has 0 atom stereocenters. The molecule has 0 aromatic carbocycles. The van der Waals surface area contributed by atoms with E-state index in [-0.39, 0.29) is 12.5 Å². The molecule has 0 bridgehead atoms. The number of fused-ring (bicyclic) bond motifs is 1. The number of rotatable bonds is 4. The van der Waals surface area contributed by atoms with Gasteiger partial charge in [0.25, 0.3) is 5.91 Å². The zero-order valence-electron chi connectivity index (χ0n) is 9.41. The van der Waals surface area contributed by atoms with Crippen molar-refractivity contribution in [2.24, 2.45) is 0 Å². The SMILES string of the molecule is CCOCC(=O)Nc1nc2c(s1)CCCC2. The molecule has 1 aliphatic rings. The fourth-order valence-corrected chi connectivity index (χ4v) is 2.82. The van der Waals surface area contributed by atoms with Crippen LogP contribution in [0.4, 0.5) is 5.13 Å². The zero-order chi connectivity index (χ0) is 11.4. The Kier molecular flexibility index (Phi) is 3.90. The first-order valence-corrected chi connectivity index (χ1v) is 6.47. The average molecular weight is 240 g/mol. The maximum atomic E-state index is 11.4. The minimum absolute atomic E-state index is 0.112. The Bertz CT molecular complexity index is 353. The number of nitrogens with one attached hydrogen (secondary N) is 1. The molecule has 0 radical (unpaired) electrons. The van der Waals surface area contributed by atoms with E-state index in [1.165, 1.54) is 23.4 Å². The number of carbonyl (C=O) groups excluding carboxylic acids is 1. The minimum atomic E-state index is -0.118. The van der Waals surface area contributed by atoms with Crippen molar-refractivity contribution in [1.82, 2.24) is 4.98 Å². The highest BCUT2D eigenvalue weighted by atomic mass is 32.1. The number of hydrogen-bond donors (Lipinski definition) is 1. The van der Waals surface area contributed by atoms with Gasteiger partial charge in [-0.15, -0.1) is 11.3 Å². The van der Waals surface area contributed by atoms with E-state index in [4.69, 9.17) is 4.74 Å². The van der Waals surface area contributed by atoms with Crippen LogP contribution in [0.1, 0.15) is 30.3 Å². The molecule has 1 N–H and O–H groups in total. The quantitative estimate of drug-likeness (QED) is 0.875. The molecule has 1 aliphatic carbocycles. The molecule has 0 fully saturated rings. The molecule has 5 heteroatoms. The standard InChI is InChI=1S/C11H16N2O2S/c1-2-15-7-10(14)13-11-12-8-5-3-4-6-9(8)16-11/h2-7H2,1H3,(H,12,13,14). The fourth-order valence-electron chi connectivity index (χ4n) is 1.76. The van der Waals surface area contributed by atoms with Gasteiger partial charge in [-0.25, -0.2) is 4.98 Å². The number of aryl methyl sites for hydroxylation is 2. The van der Waals surface area contributed by atoms with Gasteiger partial charge in [0.2, 0.25) is 0 Å². The Labute approximate surface area is 99.0 Å². The van der Waals surface area contributed by atoms with E-state index in [1.807, 2.05) is 6.92 Å². The van der Waals surface area contributed by atoms with Crippen LogP contribution < -0.4 is 5.32 Å². The summed E-state index contributed by atoms with van der Waals surface area (Å²) in [7, 11) is 0. The number of aromatic nitrogens is 1. The molecule has 88 valence electrons. The van der Waals surface area contributed by atoms with Gasteiger partial charge in [0.05, 0.1) is 5.69 Å². The van der Waals surface area contributed by atoms with Crippen molar-refractivity contribution in [3.63, 3.8) is 0 Å². The molecular weight excluding hydrogens is 224 g/mol. The molecule has 0 aliphatic heterocycles. The van der Waals surface area contributed by atoms with Gasteiger partial charge >= 0.3 is 0 Å². The third kappa shape index (κ3) is 2.80. The summed E-state index contributed by atoms with van der Waals surface area (Å²) in [5.41, 5.74) is 1.17. The second-order valence-electron chi connectivity index (χ2n) is 3.78. The van der Waals surface area contributed by atoms with Crippen LogP contribution in [0.3, 0.4) is 0 Å². The van der Waals surface area contributed by atoms with Crippen LogP contribution >= 0.6 is 11.3 Å². The van der Waals surface area contributed by atoms with Crippen molar-refractivity contribution in [1.29, 1.82) is 0 Å². The molecule has 1 heterocycles. The Morgan fingerprint density at radius 2 is 2.31 bits per heavy atom. The molecule has 4 nitrogen and oxygen atoms in total. The van der Waals surface area contributed by atoms with E-state index in [2.05, 4.69) is 10.3 Å². The van der Waals surface area contributed by atoms with Gasteiger partial charge in [0.1, 0.15) is 6.61 Å². The third-order valence-corrected chi connectivity index (χ3v) is 3.60. The lowest BCUT2D eigenvalue weighted by atomic mass is 10.0. The molecule has 1 amide bonds. The Morgan fingerprint density at radius 3 is 3.06 bits per heavy atom. The van der Waals surface area contributed by atoms with E-state index >= 15 is 0 Å². The second kappa shape index (κ2) is 5.41. The lowest BCUT2D eigenvalue weighted by molar-refractivity contribution is -0.120. The first-order valence-electron chi connectivity index (χ1n) is 5.65. The topological polar surface area (TPSA) is 51.2 Å². The molecule has 1 aromatic heterocycles. The van der Waals surface area contributed by atoms with Crippen LogP contribution in [0.2, 0.25) is 0 Å². The number of thiazole rings is 1. The Balaban J connectivity index is 1.94. The largest absolute Gasteiger partial charge is 0.372 e. The van der Waals surface area contributed by atoms with Crippen LogP contribution in [0, 0.1) is 0 Å². The summed E-state index contributed by atoms with van der Waals surface area (Å²) >= 11 is 1.60. The van der Waals surface area contributed by atoms with Gasteiger partial charge in [0, 0.05) is 11.5 Å². The highest BCUT2D eigenvalue weighted by molar-refractivity contribution is 7.15. The lowest BCUT2D eigenvalue weighted by Crippen LogP contribution is -2.18. The van der Waals surface area contributed by atoms with Crippen LogP contribution in [-0.4, -0.2) is 24.1 Å². The van der Waals surface area contributed by atoms with Crippen molar-refractivity contribution in [2.45, 2.75) is 32.6 Å². The zero-order valence-corrected chi connectivity index (χ0v) is 10.2. The highest BCUT2D eigenvalue weighted by Crippen LogP contribution is 2.29. The Morgan fingerprint density at radius 1 is 1.50 bits per heavy atom.